The molecule has 1 saturated heterocycles. The molecule has 5 nitrogen and oxygen atoms in total. The zero-order valence-corrected chi connectivity index (χ0v) is 12.0. The molecule has 1 aliphatic carbocycles. The number of aryl methyl sites for hydroxylation is 1. The Morgan fingerprint density at radius 1 is 1.45 bits per heavy atom. The number of likely N-dealkylation sites (tertiary alicyclic amines) is 1. The van der Waals surface area contributed by atoms with Gasteiger partial charge in [0.2, 0.25) is 5.91 Å². The number of nitrogens with zero attached hydrogens (tertiary/aromatic N) is 1. The molecule has 1 atom stereocenters. The number of furan rings is 1. The Bertz CT molecular complexity index is 487. The molecule has 2 aliphatic rings. The van der Waals surface area contributed by atoms with Crippen molar-refractivity contribution >= 4 is 5.91 Å². The molecule has 2 fully saturated rings. The average molecular weight is 277 g/mol. The Hall–Kier alpha value is -1.33. The van der Waals surface area contributed by atoms with E-state index < -0.39 is 5.54 Å². The van der Waals surface area contributed by atoms with Gasteiger partial charge in [0.25, 0.3) is 0 Å². The highest BCUT2D eigenvalue weighted by Gasteiger charge is 2.46. The first-order valence-corrected chi connectivity index (χ1v) is 7.46. The fourth-order valence-corrected chi connectivity index (χ4v) is 2.82. The van der Waals surface area contributed by atoms with E-state index in [-0.39, 0.29) is 11.9 Å². The minimum Gasteiger partial charge on any atom is -0.465 e. The molecule has 0 spiro atoms. The molecule has 110 valence electrons. The molecular formula is C15H23N3O2. The Morgan fingerprint density at radius 3 is 2.70 bits per heavy atom. The van der Waals surface area contributed by atoms with Crippen molar-refractivity contribution < 1.29 is 9.21 Å². The summed E-state index contributed by atoms with van der Waals surface area (Å²) in [5.74, 6) is 1.82. The van der Waals surface area contributed by atoms with Gasteiger partial charge in [0, 0.05) is 6.54 Å². The predicted molar refractivity (Wildman–Crippen MR) is 76.2 cm³/mol. The smallest absolute Gasteiger partial charge is 0.240 e. The summed E-state index contributed by atoms with van der Waals surface area (Å²) in [6.07, 6.45) is 4.02. The largest absolute Gasteiger partial charge is 0.465 e. The van der Waals surface area contributed by atoms with Crippen LogP contribution in [0.15, 0.2) is 16.5 Å². The van der Waals surface area contributed by atoms with Crippen molar-refractivity contribution in [2.24, 2.45) is 5.73 Å². The van der Waals surface area contributed by atoms with Crippen molar-refractivity contribution in [2.75, 3.05) is 19.6 Å². The molecule has 0 bridgehead atoms. The number of rotatable bonds is 5. The number of amides is 1. The van der Waals surface area contributed by atoms with Crippen LogP contribution in [0.4, 0.5) is 0 Å². The highest BCUT2D eigenvalue weighted by Crippen LogP contribution is 2.32. The molecular weight excluding hydrogens is 254 g/mol. The first-order valence-electron chi connectivity index (χ1n) is 7.46. The summed E-state index contributed by atoms with van der Waals surface area (Å²) in [6, 6.07) is 4.11. The van der Waals surface area contributed by atoms with E-state index in [9.17, 15) is 4.79 Å². The number of nitrogens with one attached hydrogen (secondary N) is 1. The Labute approximate surface area is 119 Å². The monoisotopic (exact) mass is 277 g/mol. The Balaban J connectivity index is 1.67. The quantitative estimate of drug-likeness (QED) is 0.852. The molecule has 3 N–H and O–H groups in total. The molecule has 1 saturated carbocycles. The first-order chi connectivity index (χ1) is 9.58. The third-order valence-electron chi connectivity index (χ3n) is 4.37. The van der Waals surface area contributed by atoms with E-state index in [4.69, 9.17) is 10.2 Å². The molecule has 1 unspecified atom stereocenters. The SMILES string of the molecule is Cc1ccc(C(CNC(=O)C2(N)CC2)N2CCCC2)o1. The normalized spacial score (nSPS) is 22.7. The van der Waals surface area contributed by atoms with Gasteiger partial charge in [0.05, 0.1) is 11.6 Å². The van der Waals surface area contributed by atoms with Gasteiger partial charge in [-0.3, -0.25) is 9.69 Å². The topological polar surface area (TPSA) is 71.5 Å². The van der Waals surface area contributed by atoms with Crippen LogP contribution in [0.3, 0.4) is 0 Å². The number of carbonyl (C=O) groups excluding carboxylic acids is 1. The summed E-state index contributed by atoms with van der Waals surface area (Å²) >= 11 is 0. The molecule has 0 aromatic carbocycles. The van der Waals surface area contributed by atoms with Gasteiger partial charge in [0.15, 0.2) is 0 Å². The fourth-order valence-electron chi connectivity index (χ4n) is 2.82. The Morgan fingerprint density at radius 2 is 2.15 bits per heavy atom. The third kappa shape index (κ3) is 2.74. The van der Waals surface area contributed by atoms with Gasteiger partial charge in [-0.15, -0.1) is 0 Å². The first kappa shape index (κ1) is 13.6. The lowest BCUT2D eigenvalue weighted by atomic mass is 10.2. The van der Waals surface area contributed by atoms with Gasteiger partial charge in [-0.1, -0.05) is 0 Å². The molecule has 1 aromatic rings. The molecule has 1 aliphatic heterocycles. The van der Waals surface area contributed by atoms with E-state index in [0.29, 0.717) is 6.54 Å². The fraction of sp³-hybridized carbons (Fsp3) is 0.667. The molecule has 2 heterocycles. The maximum Gasteiger partial charge on any atom is 0.240 e. The summed E-state index contributed by atoms with van der Waals surface area (Å²) in [5, 5.41) is 3.00. The standard InChI is InChI=1S/C15H23N3O2/c1-11-4-5-13(20-11)12(18-8-2-3-9-18)10-17-14(19)15(16)6-7-15/h4-5,12H,2-3,6-10,16H2,1H3,(H,17,19). The number of nitrogens with two attached hydrogens (primary N) is 1. The Kier molecular flexibility index (Phi) is 3.56. The maximum atomic E-state index is 12.0. The van der Waals surface area contributed by atoms with Crippen LogP contribution in [0.25, 0.3) is 0 Å². The molecule has 5 heteroatoms. The van der Waals surface area contributed by atoms with Crippen LogP contribution < -0.4 is 11.1 Å². The number of hydrogen-bond donors (Lipinski definition) is 2. The van der Waals surface area contributed by atoms with E-state index in [0.717, 1.165) is 37.5 Å². The summed E-state index contributed by atoms with van der Waals surface area (Å²) in [7, 11) is 0. The van der Waals surface area contributed by atoms with Crippen molar-refractivity contribution in [3.05, 3.63) is 23.7 Å². The van der Waals surface area contributed by atoms with Crippen LogP contribution in [0.5, 0.6) is 0 Å². The molecule has 1 amide bonds. The van der Waals surface area contributed by atoms with Crippen LogP contribution in [0.1, 0.15) is 43.2 Å². The average Bonchev–Trinajstić information content (AvgIpc) is 2.85. The van der Waals surface area contributed by atoms with Gasteiger partial charge in [-0.05, 0) is 57.8 Å². The summed E-state index contributed by atoms with van der Waals surface area (Å²) in [5.41, 5.74) is 5.32. The van der Waals surface area contributed by atoms with Gasteiger partial charge in [-0.25, -0.2) is 0 Å². The van der Waals surface area contributed by atoms with Crippen molar-refractivity contribution in [3.63, 3.8) is 0 Å². The lowest BCUT2D eigenvalue weighted by Gasteiger charge is -2.26. The second-order valence-electron chi connectivity index (χ2n) is 6.07. The van der Waals surface area contributed by atoms with Crippen LogP contribution in [0, 0.1) is 6.92 Å². The van der Waals surface area contributed by atoms with Crippen molar-refractivity contribution in [2.45, 2.75) is 44.2 Å². The van der Waals surface area contributed by atoms with Crippen LogP contribution in [-0.4, -0.2) is 36.0 Å². The third-order valence-corrected chi connectivity index (χ3v) is 4.37. The second-order valence-corrected chi connectivity index (χ2v) is 6.07. The van der Waals surface area contributed by atoms with Crippen LogP contribution in [0.2, 0.25) is 0 Å². The van der Waals surface area contributed by atoms with Crippen molar-refractivity contribution in [1.29, 1.82) is 0 Å². The van der Waals surface area contributed by atoms with Gasteiger partial charge >= 0.3 is 0 Å². The molecule has 1 aromatic heterocycles. The zero-order chi connectivity index (χ0) is 14.2. The van der Waals surface area contributed by atoms with E-state index in [1.54, 1.807) is 0 Å². The van der Waals surface area contributed by atoms with Crippen LogP contribution >= 0.6 is 0 Å². The number of carbonyl (C=O) groups is 1. The lowest BCUT2D eigenvalue weighted by molar-refractivity contribution is -0.123. The van der Waals surface area contributed by atoms with Crippen LogP contribution in [-0.2, 0) is 4.79 Å². The summed E-state index contributed by atoms with van der Waals surface area (Å²) in [6.45, 7) is 4.65. The van der Waals surface area contributed by atoms with E-state index >= 15 is 0 Å². The summed E-state index contributed by atoms with van der Waals surface area (Å²) < 4.78 is 5.77. The molecule has 20 heavy (non-hydrogen) atoms. The molecule has 3 rings (SSSR count). The minimum absolute atomic E-state index is 0.0232. The van der Waals surface area contributed by atoms with Crippen molar-refractivity contribution in [3.8, 4) is 0 Å². The van der Waals surface area contributed by atoms with Gasteiger partial charge in [-0.2, -0.15) is 0 Å². The van der Waals surface area contributed by atoms with Gasteiger partial charge in [0.1, 0.15) is 11.5 Å². The van der Waals surface area contributed by atoms with Crippen molar-refractivity contribution in [1.82, 2.24) is 10.2 Å². The maximum absolute atomic E-state index is 12.0. The zero-order valence-electron chi connectivity index (χ0n) is 12.0. The van der Waals surface area contributed by atoms with E-state index in [1.807, 2.05) is 19.1 Å². The highest BCUT2D eigenvalue weighted by molar-refractivity contribution is 5.88. The summed E-state index contributed by atoms with van der Waals surface area (Å²) in [4.78, 5) is 14.4. The number of hydrogen-bond acceptors (Lipinski definition) is 4. The second kappa shape index (κ2) is 5.22. The lowest BCUT2D eigenvalue weighted by Crippen LogP contribution is -2.46. The van der Waals surface area contributed by atoms with E-state index in [1.165, 1.54) is 12.8 Å². The van der Waals surface area contributed by atoms with Gasteiger partial charge < -0.3 is 15.5 Å². The minimum atomic E-state index is -0.603. The predicted octanol–water partition coefficient (Wildman–Crippen LogP) is 1.33. The van der Waals surface area contributed by atoms with E-state index in [2.05, 4.69) is 10.2 Å². The highest BCUT2D eigenvalue weighted by atomic mass is 16.3. The molecule has 0 radical (unpaired) electrons.